The van der Waals surface area contributed by atoms with Crippen molar-refractivity contribution in [1.82, 2.24) is 0 Å². The van der Waals surface area contributed by atoms with Gasteiger partial charge in [0.15, 0.2) is 0 Å². The maximum absolute atomic E-state index is 14.6. The highest BCUT2D eigenvalue weighted by Crippen LogP contribution is 2.76. The number of fused-ring (bicyclic) bond motifs is 7. The summed E-state index contributed by atoms with van der Waals surface area (Å²) < 4.78 is 12.0. The molecule has 4 N–H and O–H groups in total. The fourth-order valence-electron chi connectivity index (χ4n) is 12.6. The number of hydrogen-bond acceptors (Lipinski definition) is 9. The highest BCUT2D eigenvalue weighted by Gasteiger charge is 2.71. The standard InChI is InChI=1S/C38H62O9/c1-9-44-27-20-33(2,3)19-23-22-11-12-26-35(6)15-10-14-34(4,5)25(35)13-16-37(26,8)36(22,7)17-18-38(23,27)32(43)47-46-31-30(42)29(41)28(40)24(21-39)45-31/h11,23-31,39-42H,9-10,12-21H2,1-8H3/t23-,24-,25?,26-,27?,28-,29+,30-,31+,35+,36-,37-,38+/m1/s1. The minimum Gasteiger partial charge on any atom is -0.394 e. The Balaban J connectivity index is 1.36. The van der Waals surface area contributed by atoms with Crippen LogP contribution in [-0.4, -0.2) is 76.4 Å². The molecule has 47 heavy (non-hydrogen) atoms. The minimum atomic E-state index is -1.67. The molecular weight excluding hydrogens is 600 g/mol. The Bertz CT molecular complexity index is 1230. The van der Waals surface area contributed by atoms with E-state index >= 15 is 0 Å². The van der Waals surface area contributed by atoms with Crippen LogP contribution in [0.1, 0.15) is 120 Å². The zero-order valence-electron chi connectivity index (χ0n) is 30.1. The summed E-state index contributed by atoms with van der Waals surface area (Å²) in [5.41, 5.74) is 0.962. The van der Waals surface area contributed by atoms with Crippen LogP contribution in [0.2, 0.25) is 0 Å². The second kappa shape index (κ2) is 12.0. The van der Waals surface area contributed by atoms with Crippen LogP contribution in [0.15, 0.2) is 11.6 Å². The summed E-state index contributed by atoms with van der Waals surface area (Å²) in [6.07, 6.45) is 4.86. The van der Waals surface area contributed by atoms with Gasteiger partial charge < -0.3 is 29.9 Å². The first-order valence-corrected chi connectivity index (χ1v) is 18.4. The summed E-state index contributed by atoms with van der Waals surface area (Å²) in [7, 11) is 0. The van der Waals surface area contributed by atoms with Gasteiger partial charge in [0.25, 0.3) is 0 Å². The Kier molecular flexibility index (Phi) is 9.14. The van der Waals surface area contributed by atoms with Gasteiger partial charge in [0.05, 0.1) is 12.7 Å². The summed E-state index contributed by atoms with van der Waals surface area (Å²) in [5.74, 6) is 0.635. The Morgan fingerprint density at radius 3 is 2.32 bits per heavy atom. The third kappa shape index (κ3) is 5.22. The van der Waals surface area contributed by atoms with E-state index in [4.69, 9.17) is 19.2 Å². The molecule has 4 saturated carbocycles. The molecule has 1 saturated heterocycles. The normalized spacial score (nSPS) is 50.2. The molecule has 13 atom stereocenters. The van der Waals surface area contributed by atoms with Crippen LogP contribution >= 0.6 is 0 Å². The zero-order chi connectivity index (χ0) is 34.4. The highest BCUT2D eigenvalue weighted by atomic mass is 17.2. The maximum Gasteiger partial charge on any atom is 0.351 e. The van der Waals surface area contributed by atoms with Crippen LogP contribution in [0, 0.1) is 50.2 Å². The molecule has 0 amide bonds. The van der Waals surface area contributed by atoms with E-state index in [2.05, 4.69) is 54.5 Å². The van der Waals surface area contributed by atoms with Crippen LogP contribution < -0.4 is 0 Å². The maximum atomic E-state index is 14.6. The van der Waals surface area contributed by atoms with Gasteiger partial charge in [0.1, 0.15) is 29.8 Å². The smallest absolute Gasteiger partial charge is 0.351 e. The summed E-state index contributed by atoms with van der Waals surface area (Å²) in [5, 5.41) is 40.7. The van der Waals surface area contributed by atoms with Crippen LogP contribution in [0.4, 0.5) is 0 Å². The summed E-state index contributed by atoms with van der Waals surface area (Å²) >= 11 is 0. The number of carbonyl (C=O) groups excluding carboxylic acids is 1. The van der Waals surface area contributed by atoms with E-state index in [1.807, 2.05) is 6.92 Å². The summed E-state index contributed by atoms with van der Waals surface area (Å²) in [6.45, 7) is 19.0. The Morgan fingerprint density at radius 2 is 1.64 bits per heavy atom. The zero-order valence-corrected chi connectivity index (χ0v) is 30.1. The molecular formula is C38H62O9. The fourth-order valence-corrected chi connectivity index (χ4v) is 12.6. The first-order valence-electron chi connectivity index (χ1n) is 18.4. The summed E-state index contributed by atoms with van der Waals surface area (Å²) in [6, 6.07) is 0. The predicted molar refractivity (Wildman–Crippen MR) is 175 cm³/mol. The van der Waals surface area contributed by atoms with E-state index in [1.165, 1.54) is 37.7 Å². The van der Waals surface area contributed by atoms with Gasteiger partial charge in [0, 0.05) is 6.61 Å². The number of carbonyl (C=O) groups is 1. The lowest BCUT2D eigenvalue weighted by Crippen LogP contribution is -2.66. The average molecular weight is 663 g/mol. The van der Waals surface area contributed by atoms with Crippen molar-refractivity contribution in [3.63, 3.8) is 0 Å². The molecule has 0 radical (unpaired) electrons. The molecule has 2 unspecified atom stereocenters. The molecule has 0 aromatic rings. The number of aliphatic hydroxyl groups excluding tert-OH is 4. The van der Waals surface area contributed by atoms with Crippen molar-refractivity contribution in [2.45, 2.75) is 156 Å². The Morgan fingerprint density at radius 1 is 0.915 bits per heavy atom. The van der Waals surface area contributed by atoms with Crippen molar-refractivity contribution in [1.29, 1.82) is 0 Å². The van der Waals surface area contributed by atoms with Gasteiger partial charge in [-0.2, -0.15) is 0 Å². The monoisotopic (exact) mass is 662 g/mol. The molecule has 6 rings (SSSR count). The van der Waals surface area contributed by atoms with Crippen LogP contribution in [0.5, 0.6) is 0 Å². The largest absolute Gasteiger partial charge is 0.394 e. The van der Waals surface area contributed by atoms with Gasteiger partial charge >= 0.3 is 5.97 Å². The van der Waals surface area contributed by atoms with Crippen molar-refractivity contribution >= 4 is 5.97 Å². The third-order valence-corrected chi connectivity index (χ3v) is 15.2. The SMILES string of the molecule is CCOC1CC(C)(C)C[C@@H]2C3=CC[C@@H]4[C@@]5(C)CCCC(C)(C)C5CC[C@@]4(C)[C@]3(C)CC[C@@]12C(=O)OO[C@@H]1O[C@H](CO)[C@@H](O)[C@H](O)[C@H]1O. The third-order valence-electron chi connectivity index (χ3n) is 15.2. The molecule has 268 valence electrons. The molecule has 0 aromatic heterocycles. The first-order chi connectivity index (χ1) is 21.9. The second-order valence-corrected chi connectivity index (χ2v) is 18.4. The lowest BCUT2D eigenvalue weighted by atomic mass is 9.33. The van der Waals surface area contributed by atoms with E-state index in [-0.39, 0.29) is 27.6 Å². The molecule has 9 heteroatoms. The van der Waals surface area contributed by atoms with Gasteiger partial charge in [0.2, 0.25) is 6.29 Å². The molecule has 5 fully saturated rings. The molecule has 0 aromatic carbocycles. The van der Waals surface area contributed by atoms with Gasteiger partial charge in [-0.25, -0.2) is 4.79 Å². The Labute approximate surface area is 281 Å². The van der Waals surface area contributed by atoms with Crippen molar-refractivity contribution in [2.24, 2.45) is 50.2 Å². The average Bonchev–Trinajstić information content (AvgIpc) is 2.99. The van der Waals surface area contributed by atoms with Crippen LogP contribution in [-0.2, 0) is 24.0 Å². The molecule has 0 bridgehead atoms. The molecule has 9 nitrogen and oxygen atoms in total. The molecule has 1 aliphatic heterocycles. The topological polar surface area (TPSA) is 135 Å². The van der Waals surface area contributed by atoms with Gasteiger partial charge in [-0.3, -0.25) is 4.89 Å². The van der Waals surface area contributed by atoms with Crippen LogP contribution in [0.25, 0.3) is 0 Å². The van der Waals surface area contributed by atoms with Gasteiger partial charge in [-0.1, -0.05) is 66.5 Å². The van der Waals surface area contributed by atoms with Crippen molar-refractivity contribution < 1.29 is 44.5 Å². The van der Waals surface area contributed by atoms with Gasteiger partial charge in [-0.15, -0.1) is 4.89 Å². The van der Waals surface area contributed by atoms with E-state index in [0.29, 0.717) is 36.7 Å². The molecule has 6 aliphatic rings. The first kappa shape index (κ1) is 35.7. The van der Waals surface area contributed by atoms with E-state index in [0.717, 1.165) is 19.3 Å². The Hall–Kier alpha value is -1.07. The lowest BCUT2D eigenvalue weighted by molar-refractivity contribution is -0.410. The predicted octanol–water partition coefficient (Wildman–Crippen LogP) is 5.47. The van der Waals surface area contributed by atoms with Crippen molar-refractivity contribution in [2.75, 3.05) is 13.2 Å². The highest BCUT2D eigenvalue weighted by molar-refractivity contribution is 5.79. The number of hydrogen-bond donors (Lipinski definition) is 4. The minimum absolute atomic E-state index is 0.0692. The van der Waals surface area contributed by atoms with E-state index < -0.39 is 54.8 Å². The van der Waals surface area contributed by atoms with Crippen molar-refractivity contribution in [3.05, 3.63) is 11.6 Å². The number of allylic oxidation sites excluding steroid dienone is 2. The quantitative estimate of drug-likeness (QED) is 0.166. The van der Waals surface area contributed by atoms with E-state index in [9.17, 15) is 25.2 Å². The number of aliphatic hydroxyl groups is 4. The number of ether oxygens (including phenoxy) is 2. The number of rotatable bonds is 6. The molecule has 0 spiro atoms. The van der Waals surface area contributed by atoms with Crippen molar-refractivity contribution in [3.8, 4) is 0 Å². The summed E-state index contributed by atoms with van der Waals surface area (Å²) in [4.78, 5) is 25.7. The molecule has 1 heterocycles. The van der Waals surface area contributed by atoms with Crippen LogP contribution in [0.3, 0.4) is 0 Å². The second-order valence-electron chi connectivity index (χ2n) is 18.4. The fraction of sp³-hybridized carbons (Fsp3) is 0.921. The lowest BCUT2D eigenvalue weighted by Gasteiger charge is -2.71. The van der Waals surface area contributed by atoms with Gasteiger partial charge in [-0.05, 0) is 110 Å². The molecule has 5 aliphatic carbocycles. The van der Waals surface area contributed by atoms with E-state index in [1.54, 1.807) is 0 Å².